The molecule has 0 saturated carbocycles. The molecule has 2 aliphatic heterocycles. The summed E-state index contributed by atoms with van der Waals surface area (Å²) in [5, 5.41) is 14.3. The van der Waals surface area contributed by atoms with Gasteiger partial charge in [0, 0.05) is 18.5 Å². The summed E-state index contributed by atoms with van der Waals surface area (Å²) >= 11 is 3.01. The highest BCUT2D eigenvalue weighted by Crippen LogP contribution is 2.50. The molecule has 0 radical (unpaired) electrons. The fraction of sp³-hybridized carbons (Fsp3) is 0.167. The highest BCUT2D eigenvalue weighted by Gasteiger charge is 2.39. The number of amidine groups is 1. The maximum Gasteiger partial charge on any atom is 0.269 e. The molecule has 1 amide bonds. The summed E-state index contributed by atoms with van der Waals surface area (Å²) in [6.45, 7) is 5.23. The van der Waals surface area contributed by atoms with Crippen molar-refractivity contribution in [2.75, 3.05) is 18.9 Å². The molecule has 38 heavy (non-hydrogen) atoms. The molecule has 0 unspecified atom stereocenters. The molecule has 0 aromatic heterocycles. The Labute approximate surface area is 231 Å². The number of hydrogen-bond donors (Lipinski definition) is 1. The summed E-state index contributed by atoms with van der Waals surface area (Å²) in [6.07, 6.45) is 0. The second-order valence-corrected chi connectivity index (χ2v) is 11.0. The molecule has 2 heterocycles. The van der Waals surface area contributed by atoms with E-state index < -0.39 is 0 Å². The zero-order valence-corrected chi connectivity index (χ0v) is 23.1. The van der Waals surface area contributed by atoms with E-state index in [1.54, 1.807) is 28.8 Å². The van der Waals surface area contributed by atoms with E-state index >= 15 is 0 Å². The number of carbonyl (C=O) groups is 1. The summed E-state index contributed by atoms with van der Waals surface area (Å²) in [6, 6.07) is 27.8. The smallest absolute Gasteiger partial charge is 0.269 e. The quantitative estimate of drug-likeness (QED) is 0.342. The van der Waals surface area contributed by atoms with Crippen LogP contribution in [-0.4, -0.2) is 34.5 Å². The third-order valence-corrected chi connectivity index (χ3v) is 8.59. The molecule has 3 aromatic rings. The molecule has 0 atom stereocenters. The van der Waals surface area contributed by atoms with Crippen LogP contribution in [0, 0.1) is 11.3 Å². The van der Waals surface area contributed by atoms with Crippen molar-refractivity contribution in [3.8, 4) is 6.07 Å². The van der Waals surface area contributed by atoms with E-state index in [0.29, 0.717) is 34.4 Å². The van der Waals surface area contributed by atoms with Crippen LogP contribution in [0.25, 0.3) is 5.70 Å². The number of amides is 1. The average Bonchev–Trinajstić information content (AvgIpc) is 3.40. The molecule has 6 nitrogen and oxygen atoms in total. The zero-order valence-electron chi connectivity index (χ0n) is 21.4. The van der Waals surface area contributed by atoms with Crippen LogP contribution in [0.5, 0.6) is 0 Å². The number of carbonyl (C=O) groups excluding carboxylic acids is 1. The van der Waals surface area contributed by atoms with Crippen molar-refractivity contribution >= 4 is 51.7 Å². The predicted octanol–water partition coefficient (Wildman–Crippen LogP) is 6.99. The maximum absolute atomic E-state index is 14.0. The van der Waals surface area contributed by atoms with Crippen LogP contribution in [0.3, 0.4) is 0 Å². The number of nitrogens with zero attached hydrogens (tertiary/aromatic N) is 4. The number of allylic oxidation sites excluding steroid dienone is 1. The monoisotopic (exact) mass is 537 g/mol. The van der Waals surface area contributed by atoms with Crippen LogP contribution in [0.4, 0.5) is 11.4 Å². The van der Waals surface area contributed by atoms with Gasteiger partial charge in [0.15, 0.2) is 5.17 Å². The van der Waals surface area contributed by atoms with Gasteiger partial charge >= 0.3 is 0 Å². The zero-order chi connectivity index (χ0) is 26.6. The third kappa shape index (κ3) is 5.08. The van der Waals surface area contributed by atoms with Crippen LogP contribution < -0.4 is 5.32 Å². The van der Waals surface area contributed by atoms with Gasteiger partial charge in [-0.3, -0.25) is 9.69 Å². The van der Waals surface area contributed by atoms with Crippen LogP contribution in [0.2, 0.25) is 0 Å². The van der Waals surface area contributed by atoms with Gasteiger partial charge in [-0.2, -0.15) is 5.26 Å². The van der Waals surface area contributed by atoms with Crippen LogP contribution in [0.1, 0.15) is 30.5 Å². The normalized spacial score (nSPS) is 18.5. The molecule has 0 spiro atoms. The lowest BCUT2D eigenvalue weighted by molar-refractivity contribution is -0.122. The van der Waals surface area contributed by atoms with Crippen LogP contribution >= 0.6 is 23.5 Å². The molecule has 1 saturated heterocycles. The van der Waals surface area contributed by atoms with E-state index in [-0.39, 0.29) is 5.91 Å². The van der Waals surface area contributed by atoms with Crippen molar-refractivity contribution in [2.45, 2.75) is 20.4 Å². The number of nitrogens with one attached hydrogen (secondary N) is 1. The summed E-state index contributed by atoms with van der Waals surface area (Å²) in [7, 11) is 2.01. The highest BCUT2D eigenvalue weighted by molar-refractivity contribution is 8.19. The Balaban J connectivity index is 1.58. The van der Waals surface area contributed by atoms with Crippen LogP contribution in [0.15, 0.2) is 98.7 Å². The van der Waals surface area contributed by atoms with Gasteiger partial charge in [0.1, 0.15) is 4.91 Å². The van der Waals surface area contributed by atoms with Gasteiger partial charge in [0.25, 0.3) is 5.91 Å². The van der Waals surface area contributed by atoms with Gasteiger partial charge in [-0.05, 0) is 54.9 Å². The molecule has 3 aromatic carbocycles. The number of anilines is 1. The Morgan fingerprint density at radius 2 is 1.71 bits per heavy atom. The first-order valence-electron chi connectivity index (χ1n) is 12.3. The molecule has 0 bridgehead atoms. The minimum absolute atomic E-state index is 0.0736. The van der Waals surface area contributed by atoms with Crippen molar-refractivity contribution in [3.63, 3.8) is 0 Å². The SMILES string of the molecule is CCNc1ccc(C#N)cc1N=C1S/C(=C2\SC(C)=C(c3ccccc3)N2C)C(=O)N1Cc1ccccc1. The summed E-state index contributed by atoms with van der Waals surface area (Å²) < 4.78 is 0. The Hall–Kier alpha value is -3.93. The van der Waals surface area contributed by atoms with Gasteiger partial charge < -0.3 is 10.2 Å². The van der Waals surface area contributed by atoms with Crippen molar-refractivity contribution in [1.82, 2.24) is 9.80 Å². The number of benzene rings is 3. The van der Waals surface area contributed by atoms with Gasteiger partial charge in [-0.25, -0.2) is 4.99 Å². The lowest BCUT2D eigenvalue weighted by atomic mass is 10.1. The molecule has 8 heteroatoms. The van der Waals surface area contributed by atoms with E-state index in [0.717, 1.165) is 32.4 Å². The van der Waals surface area contributed by atoms with E-state index in [2.05, 4.69) is 35.3 Å². The summed E-state index contributed by atoms with van der Waals surface area (Å²) in [5.41, 5.74) is 5.21. The molecule has 190 valence electrons. The standard InChI is InChI=1S/C30H27N5OS2/c1-4-32-24-16-15-22(18-31)17-25(24)33-30-35(19-21-11-7-5-8-12-21)28(36)27(38-30)29-34(3)26(20(2)37-29)23-13-9-6-10-14-23/h5-17,32H,4,19H2,1-3H3/b29-27-,33-30?. The van der Waals surface area contributed by atoms with Crippen molar-refractivity contribution in [1.29, 1.82) is 5.26 Å². The van der Waals surface area contributed by atoms with Crippen LogP contribution in [-0.2, 0) is 11.3 Å². The van der Waals surface area contributed by atoms with E-state index in [4.69, 9.17) is 4.99 Å². The molecule has 0 aliphatic carbocycles. The Bertz CT molecular complexity index is 1510. The second-order valence-electron chi connectivity index (χ2n) is 8.81. The topological polar surface area (TPSA) is 71.7 Å². The third-order valence-electron chi connectivity index (χ3n) is 6.22. The van der Waals surface area contributed by atoms with Crippen molar-refractivity contribution < 1.29 is 4.79 Å². The van der Waals surface area contributed by atoms with E-state index in [9.17, 15) is 10.1 Å². The molecule has 1 fully saturated rings. The number of rotatable bonds is 6. The number of nitriles is 1. The molecular weight excluding hydrogens is 510 g/mol. The second kappa shape index (κ2) is 11.2. The largest absolute Gasteiger partial charge is 0.384 e. The molecule has 1 N–H and O–H groups in total. The predicted molar refractivity (Wildman–Crippen MR) is 158 cm³/mol. The number of hydrogen-bond acceptors (Lipinski definition) is 7. The maximum atomic E-state index is 14.0. The first-order chi connectivity index (χ1) is 18.5. The Morgan fingerprint density at radius 3 is 2.39 bits per heavy atom. The first kappa shape index (κ1) is 25.7. The Kier molecular flexibility index (Phi) is 7.59. The highest BCUT2D eigenvalue weighted by atomic mass is 32.2. The lowest BCUT2D eigenvalue weighted by Crippen LogP contribution is -2.29. The summed E-state index contributed by atoms with van der Waals surface area (Å²) in [5.74, 6) is -0.0736. The summed E-state index contributed by atoms with van der Waals surface area (Å²) in [4.78, 5) is 24.6. The van der Waals surface area contributed by atoms with E-state index in [1.807, 2.05) is 68.6 Å². The molecular formula is C30H27N5OS2. The molecule has 5 rings (SSSR count). The Morgan fingerprint density at radius 1 is 1.00 bits per heavy atom. The van der Waals surface area contributed by atoms with Gasteiger partial charge in [0.05, 0.1) is 40.3 Å². The fourth-order valence-electron chi connectivity index (χ4n) is 4.45. The molecule has 2 aliphatic rings. The van der Waals surface area contributed by atoms with E-state index in [1.165, 1.54) is 11.8 Å². The van der Waals surface area contributed by atoms with Gasteiger partial charge in [-0.1, -0.05) is 72.4 Å². The van der Waals surface area contributed by atoms with Crippen molar-refractivity contribution in [2.24, 2.45) is 4.99 Å². The average molecular weight is 538 g/mol. The van der Waals surface area contributed by atoms with Crippen molar-refractivity contribution in [3.05, 3.63) is 110 Å². The number of aliphatic imine (C=N–C) groups is 1. The fourth-order valence-corrected chi connectivity index (χ4v) is 6.76. The minimum atomic E-state index is -0.0736. The van der Waals surface area contributed by atoms with Gasteiger partial charge in [0.2, 0.25) is 0 Å². The van der Waals surface area contributed by atoms with Gasteiger partial charge in [-0.15, -0.1) is 0 Å². The first-order valence-corrected chi connectivity index (χ1v) is 14.0. The number of thioether (sulfide) groups is 2. The minimum Gasteiger partial charge on any atom is -0.384 e. The lowest BCUT2D eigenvalue weighted by Gasteiger charge is -2.19.